The van der Waals surface area contributed by atoms with Crippen LogP contribution in [-0.2, 0) is 14.3 Å². The Balaban J connectivity index is 1.53. The maximum Gasteiger partial charge on any atom is 0.310 e. The van der Waals surface area contributed by atoms with Crippen LogP contribution >= 0.6 is 0 Å². The van der Waals surface area contributed by atoms with Crippen molar-refractivity contribution < 1.29 is 23.9 Å². The van der Waals surface area contributed by atoms with E-state index in [2.05, 4.69) is 5.32 Å². The van der Waals surface area contributed by atoms with Crippen molar-refractivity contribution in [2.45, 2.75) is 38.3 Å². The molecule has 1 fully saturated rings. The Morgan fingerprint density at radius 3 is 2.32 bits per heavy atom. The molecule has 1 atom stereocenters. The zero-order valence-corrected chi connectivity index (χ0v) is 15.7. The van der Waals surface area contributed by atoms with E-state index in [-0.39, 0.29) is 30.8 Å². The molecule has 1 unspecified atom stereocenters. The maximum atomic E-state index is 12.5. The molecule has 1 aliphatic rings. The Labute approximate surface area is 163 Å². The molecule has 1 N–H and O–H groups in total. The summed E-state index contributed by atoms with van der Waals surface area (Å²) in [4.78, 5) is 36.0. The molecule has 2 aromatic carbocycles. The van der Waals surface area contributed by atoms with Gasteiger partial charge in [0, 0.05) is 17.2 Å². The van der Waals surface area contributed by atoms with Crippen LogP contribution in [-0.4, -0.2) is 30.3 Å². The van der Waals surface area contributed by atoms with Gasteiger partial charge in [-0.05, 0) is 44.0 Å². The molecule has 0 heterocycles. The molecule has 3 rings (SSSR count). The van der Waals surface area contributed by atoms with Crippen LogP contribution in [0.25, 0.3) is 0 Å². The number of rotatable bonds is 9. The minimum atomic E-state index is -0.968. The van der Waals surface area contributed by atoms with Crippen molar-refractivity contribution in [3.8, 4) is 5.75 Å². The Morgan fingerprint density at radius 1 is 1.04 bits per heavy atom. The van der Waals surface area contributed by atoms with E-state index in [4.69, 9.17) is 9.47 Å². The van der Waals surface area contributed by atoms with Gasteiger partial charge in [0.1, 0.15) is 5.75 Å². The largest absolute Gasteiger partial charge is 0.493 e. The summed E-state index contributed by atoms with van der Waals surface area (Å²) in [6.07, 6.45) is 0.952. The number of ether oxygens (including phenoxy) is 2. The number of hydrogen-bond acceptors (Lipinski definition) is 5. The van der Waals surface area contributed by atoms with Gasteiger partial charge in [0.25, 0.3) is 5.91 Å². The van der Waals surface area contributed by atoms with Gasteiger partial charge in [0.15, 0.2) is 5.78 Å². The number of Topliss-reactive ketones (excluding diaryl/α,β-unsaturated/α-hetero) is 1. The highest BCUT2D eigenvalue weighted by atomic mass is 16.6. The highest BCUT2D eigenvalue weighted by Crippen LogP contribution is 2.23. The van der Waals surface area contributed by atoms with Crippen LogP contribution in [0, 0.1) is 0 Å². The van der Waals surface area contributed by atoms with Crippen molar-refractivity contribution in [2.24, 2.45) is 0 Å². The summed E-state index contributed by atoms with van der Waals surface area (Å²) in [7, 11) is 0. The van der Waals surface area contributed by atoms with Gasteiger partial charge in [0.2, 0.25) is 6.10 Å². The molecule has 1 saturated carbocycles. The van der Waals surface area contributed by atoms with E-state index >= 15 is 0 Å². The van der Waals surface area contributed by atoms with E-state index in [1.54, 1.807) is 48.5 Å². The van der Waals surface area contributed by atoms with Crippen LogP contribution < -0.4 is 10.1 Å². The van der Waals surface area contributed by atoms with Gasteiger partial charge in [-0.1, -0.05) is 30.3 Å². The van der Waals surface area contributed by atoms with Crippen LogP contribution in [0.5, 0.6) is 5.75 Å². The number of amides is 1. The number of esters is 1. The van der Waals surface area contributed by atoms with E-state index in [9.17, 15) is 14.4 Å². The molecule has 1 amide bonds. The summed E-state index contributed by atoms with van der Waals surface area (Å²) in [6, 6.07) is 15.8. The molecule has 6 nitrogen and oxygen atoms in total. The van der Waals surface area contributed by atoms with E-state index in [1.807, 2.05) is 6.07 Å². The summed E-state index contributed by atoms with van der Waals surface area (Å²) >= 11 is 0. The van der Waals surface area contributed by atoms with Crippen molar-refractivity contribution in [3.05, 3.63) is 65.7 Å². The monoisotopic (exact) mass is 381 g/mol. The molecule has 146 valence electrons. The van der Waals surface area contributed by atoms with Crippen molar-refractivity contribution in [2.75, 3.05) is 6.61 Å². The van der Waals surface area contributed by atoms with Gasteiger partial charge in [0.05, 0.1) is 13.0 Å². The molecule has 2 aromatic rings. The van der Waals surface area contributed by atoms with Crippen molar-refractivity contribution in [1.82, 2.24) is 5.32 Å². The SMILES string of the molecule is CC(=O)c1ccc(OCCC(=O)OC(C(=O)NC2CC2)c2ccccc2)cc1. The van der Waals surface area contributed by atoms with Gasteiger partial charge < -0.3 is 14.8 Å². The highest BCUT2D eigenvalue weighted by Gasteiger charge is 2.30. The first-order valence-electron chi connectivity index (χ1n) is 9.31. The molecule has 1 aliphatic carbocycles. The Morgan fingerprint density at radius 2 is 1.71 bits per heavy atom. The number of ketones is 1. The average molecular weight is 381 g/mol. The third-order valence-corrected chi connectivity index (χ3v) is 4.35. The highest BCUT2D eigenvalue weighted by molar-refractivity contribution is 5.94. The molecule has 0 saturated heterocycles. The van der Waals surface area contributed by atoms with E-state index in [1.165, 1.54) is 6.92 Å². The second-order valence-electron chi connectivity index (χ2n) is 6.74. The van der Waals surface area contributed by atoms with Crippen molar-refractivity contribution in [3.63, 3.8) is 0 Å². The molecule has 0 spiro atoms. The first-order chi connectivity index (χ1) is 13.5. The van der Waals surface area contributed by atoms with E-state index in [0.717, 1.165) is 12.8 Å². The molecular formula is C22H23NO5. The number of carbonyl (C=O) groups excluding carboxylic acids is 3. The van der Waals surface area contributed by atoms with Crippen LogP contribution in [0.3, 0.4) is 0 Å². The van der Waals surface area contributed by atoms with E-state index in [0.29, 0.717) is 16.9 Å². The third-order valence-electron chi connectivity index (χ3n) is 4.35. The van der Waals surface area contributed by atoms with E-state index < -0.39 is 12.1 Å². The predicted molar refractivity (Wildman–Crippen MR) is 103 cm³/mol. The number of hydrogen-bond donors (Lipinski definition) is 1. The first-order valence-corrected chi connectivity index (χ1v) is 9.31. The minimum Gasteiger partial charge on any atom is -0.493 e. The molecule has 0 radical (unpaired) electrons. The Kier molecular flexibility index (Phi) is 6.42. The normalized spacial score (nSPS) is 14.0. The molecule has 0 aliphatic heterocycles. The second-order valence-corrected chi connectivity index (χ2v) is 6.74. The summed E-state index contributed by atoms with van der Waals surface area (Å²) in [5, 5.41) is 2.88. The molecule has 28 heavy (non-hydrogen) atoms. The Hall–Kier alpha value is -3.15. The lowest BCUT2D eigenvalue weighted by molar-refractivity contribution is -0.157. The van der Waals surface area contributed by atoms with Crippen LogP contribution in [0.15, 0.2) is 54.6 Å². The molecular weight excluding hydrogens is 358 g/mol. The summed E-state index contributed by atoms with van der Waals surface area (Å²) < 4.78 is 11.0. The predicted octanol–water partition coefficient (Wildman–Crippen LogP) is 3.22. The summed E-state index contributed by atoms with van der Waals surface area (Å²) in [6.45, 7) is 1.61. The quantitative estimate of drug-likeness (QED) is 0.533. The summed E-state index contributed by atoms with van der Waals surface area (Å²) in [5.74, 6) is -0.279. The lowest BCUT2D eigenvalue weighted by Gasteiger charge is -2.18. The summed E-state index contributed by atoms with van der Waals surface area (Å²) in [5.41, 5.74) is 1.23. The van der Waals surface area contributed by atoms with Gasteiger partial charge in [-0.3, -0.25) is 14.4 Å². The van der Waals surface area contributed by atoms with Crippen molar-refractivity contribution in [1.29, 1.82) is 0 Å². The average Bonchev–Trinajstić information content (AvgIpc) is 3.51. The topological polar surface area (TPSA) is 81.7 Å². The zero-order chi connectivity index (χ0) is 19.9. The fraction of sp³-hybridized carbons (Fsp3) is 0.318. The fourth-order valence-corrected chi connectivity index (χ4v) is 2.63. The lowest BCUT2D eigenvalue weighted by atomic mass is 10.1. The molecule has 6 heteroatoms. The van der Waals surface area contributed by atoms with Gasteiger partial charge >= 0.3 is 5.97 Å². The zero-order valence-electron chi connectivity index (χ0n) is 15.7. The fourth-order valence-electron chi connectivity index (χ4n) is 2.63. The standard InChI is InChI=1S/C22H23NO5/c1-15(24)16-7-11-19(12-8-16)27-14-13-20(25)28-21(17-5-3-2-4-6-17)22(26)23-18-9-10-18/h2-8,11-12,18,21H,9-10,13-14H2,1H3,(H,23,26). The molecule has 0 bridgehead atoms. The van der Waals surface area contributed by atoms with Crippen LogP contribution in [0.4, 0.5) is 0 Å². The maximum absolute atomic E-state index is 12.5. The van der Waals surface area contributed by atoms with Gasteiger partial charge in [-0.2, -0.15) is 0 Å². The van der Waals surface area contributed by atoms with Crippen molar-refractivity contribution >= 4 is 17.7 Å². The van der Waals surface area contributed by atoms with Gasteiger partial charge in [-0.15, -0.1) is 0 Å². The third kappa shape index (κ3) is 5.67. The van der Waals surface area contributed by atoms with Crippen LogP contribution in [0.2, 0.25) is 0 Å². The van der Waals surface area contributed by atoms with Gasteiger partial charge in [-0.25, -0.2) is 0 Å². The number of carbonyl (C=O) groups is 3. The second kappa shape index (κ2) is 9.17. The first kappa shape index (κ1) is 19.6. The Bertz CT molecular complexity index is 828. The molecule has 0 aromatic heterocycles. The lowest BCUT2D eigenvalue weighted by Crippen LogP contribution is -2.33. The smallest absolute Gasteiger partial charge is 0.310 e. The number of nitrogens with one attached hydrogen (secondary N) is 1. The van der Waals surface area contributed by atoms with Crippen LogP contribution in [0.1, 0.15) is 48.2 Å². The minimum absolute atomic E-state index is 0.00843. The number of benzene rings is 2.